The number of halogens is 1. The average molecular weight is 230 g/mol. The first-order valence-electron chi connectivity index (χ1n) is 4.39. The molecule has 1 aromatic rings. The van der Waals surface area contributed by atoms with Gasteiger partial charge in [-0.1, -0.05) is 11.6 Å². The monoisotopic (exact) mass is 229 g/mol. The SMILES string of the molecule is N=C(N)c1ccnc(OCCCO)c1Cl. The number of aliphatic hydroxyl groups excluding tert-OH is 1. The summed E-state index contributed by atoms with van der Waals surface area (Å²) < 4.78 is 5.21. The van der Waals surface area contributed by atoms with Crippen molar-refractivity contribution in [3.63, 3.8) is 0 Å². The molecule has 0 saturated heterocycles. The minimum Gasteiger partial charge on any atom is -0.477 e. The zero-order valence-electron chi connectivity index (χ0n) is 8.03. The van der Waals surface area contributed by atoms with Gasteiger partial charge in [0.05, 0.1) is 6.61 Å². The number of aliphatic hydroxyl groups is 1. The Labute approximate surface area is 92.3 Å². The third-order valence-electron chi connectivity index (χ3n) is 1.69. The van der Waals surface area contributed by atoms with Crippen molar-refractivity contribution in [1.29, 1.82) is 5.41 Å². The van der Waals surface area contributed by atoms with Gasteiger partial charge in [0.25, 0.3) is 0 Å². The fraction of sp³-hybridized carbons (Fsp3) is 0.333. The minimum absolute atomic E-state index is 0.0457. The Morgan fingerprint density at radius 1 is 1.67 bits per heavy atom. The molecule has 15 heavy (non-hydrogen) atoms. The quantitative estimate of drug-likeness (QED) is 0.395. The van der Waals surface area contributed by atoms with Gasteiger partial charge in [-0.05, 0) is 6.07 Å². The Bertz CT molecular complexity index is 357. The molecule has 5 nitrogen and oxygen atoms in total. The molecular weight excluding hydrogens is 218 g/mol. The highest BCUT2D eigenvalue weighted by Crippen LogP contribution is 2.25. The molecular formula is C9H12ClN3O2. The fourth-order valence-corrected chi connectivity index (χ4v) is 1.23. The Hall–Kier alpha value is -1.33. The number of nitrogens with zero attached hydrogens (tertiary/aromatic N) is 1. The standard InChI is InChI=1S/C9H12ClN3O2/c10-7-6(8(11)12)2-3-13-9(7)15-5-1-4-14/h2-3,14H,1,4-5H2,(H3,11,12). The fourth-order valence-electron chi connectivity index (χ4n) is 0.967. The molecule has 4 N–H and O–H groups in total. The molecule has 0 amide bonds. The average Bonchev–Trinajstić information content (AvgIpc) is 2.20. The van der Waals surface area contributed by atoms with E-state index in [1.165, 1.54) is 6.20 Å². The molecule has 0 radical (unpaired) electrons. The summed E-state index contributed by atoms with van der Waals surface area (Å²) in [5, 5.41) is 16.0. The van der Waals surface area contributed by atoms with Crippen molar-refractivity contribution in [2.75, 3.05) is 13.2 Å². The van der Waals surface area contributed by atoms with E-state index in [2.05, 4.69) is 4.98 Å². The second-order valence-electron chi connectivity index (χ2n) is 2.82. The van der Waals surface area contributed by atoms with Crippen LogP contribution in [0, 0.1) is 5.41 Å². The molecule has 0 bridgehead atoms. The number of amidine groups is 1. The van der Waals surface area contributed by atoms with Crippen LogP contribution in [0.1, 0.15) is 12.0 Å². The van der Waals surface area contributed by atoms with Crippen molar-refractivity contribution in [3.05, 3.63) is 22.8 Å². The van der Waals surface area contributed by atoms with Gasteiger partial charge in [0.15, 0.2) is 0 Å². The summed E-state index contributed by atoms with van der Waals surface area (Å²) in [7, 11) is 0. The topological polar surface area (TPSA) is 92.2 Å². The van der Waals surface area contributed by atoms with Gasteiger partial charge in [-0.2, -0.15) is 0 Å². The van der Waals surface area contributed by atoms with Crippen molar-refractivity contribution in [2.45, 2.75) is 6.42 Å². The van der Waals surface area contributed by atoms with Crippen LogP contribution in [-0.4, -0.2) is 29.1 Å². The highest BCUT2D eigenvalue weighted by molar-refractivity contribution is 6.35. The number of hydrogen-bond acceptors (Lipinski definition) is 4. The number of pyridine rings is 1. The van der Waals surface area contributed by atoms with E-state index in [1.54, 1.807) is 6.07 Å². The first-order valence-corrected chi connectivity index (χ1v) is 4.77. The van der Waals surface area contributed by atoms with E-state index in [0.717, 1.165) is 0 Å². The third-order valence-corrected chi connectivity index (χ3v) is 2.05. The number of ether oxygens (including phenoxy) is 1. The van der Waals surface area contributed by atoms with E-state index < -0.39 is 0 Å². The molecule has 0 aliphatic rings. The predicted molar refractivity (Wildman–Crippen MR) is 57.5 cm³/mol. The van der Waals surface area contributed by atoms with Gasteiger partial charge in [0.1, 0.15) is 10.9 Å². The largest absolute Gasteiger partial charge is 0.477 e. The van der Waals surface area contributed by atoms with Gasteiger partial charge in [0.2, 0.25) is 5.88 Å². The zero-order chi connectivity index (χ0) is 11.3. The summed E-state index contributed by atoms with van der Waals surface area (Å²) in [6.07, 6.45) is 1.97. The van der Waals surface area contributed by atoms with Crippen molar-refractivity contribution in [1.82, 2.24) is 4.98 Å². The number of nitrogens with one attached hydrogen (secondary N) is 1. The summed E-state index contributed by atoms with van der Waals surface area (Å²) in [6.45, 7) is 0.370. The molecule has 0 aliphatic heterocycles. The molecule has 0 atom stereocenters. The zero-order valence-corrected chi connectivity index (χ0v) is 8.79. The van der Waals surface area contributed by atoms with Gasteiger partial charge in [0, 0.05) is 24.8 Å². The minimum atomic E-state index is -0.130. The van der Waals surface area contributed by atoms with Gasteiger partial charge in [-0.3, -0.25) is 5.41 Å². The highest BCUT2D eigenvalue weighted by Gasteiger charge is 2.10. The number of hydrogen-bond donors (Lipinski definition) is 3. The van der Waals surface area contributed by atoms with Crippen LogP contribution in [-0.2, 0) is 0 Å². The van der Waals surface area contributed by atoms with Crippen LogP contribution in [0.15, 0.2) is 12.3 Å². The maximum absolute atomic E-state index is 8.57. The van der Waals surface area contributed by atoms with Crippen molar-refractivity contribution in [2.24, 2.45) is 5.73 Å². The lowest BCUT2D eigenvalue weighted by Crippen LogP contribution is -2.13. The van der Waals surface area contributed by atoms with Crippen molar-refractivity contribution < 1.29 is 9.84 Å². The van der Waals surface area contributed by atoms with Crippen LogP contribution >= 0.6 is 11.6 Å². The Kier molecular flexibility index (Phi) is 4.33. The van der Waals surface area contributed by atoms with E-state index in [1.807, 2.05) is 0 Å². The molecule has 1 heterocycles. The highest BCUT2D eigenvalue weighted by atomic mass is 35.5. The van der Waals surface area contributed by atoms with E-state index in [4.69, 9.17) is 32.6 Å². The van der Waals surface area contributed by atoms with Gasteiger partial charge < -0.3 is 15.6 Å². The number of nitrogens with two attached hydrogens (primary N) is 1. The van der Waals surface area contributed by atoms with Gasteiger partial charge in [-0.25, -0.2) is 4.98 Å². The van der Waals surface area contributed by atoms with E-state index >= 15 is 0 Å². The summed E-state index contributed by atoms with van der Waals surface area (Å²) in [5.74, 6) is 0.104. The molecule has 6 heteroatoms. The molecule has 0 unspecified atom stereocenters. The number of aromatic nitrogens is 1. The molecule has 0 fully saturated rings. The molecule has 0 aliphatic carbocycles. The summed E-state index contributed by atoms with van der Waals surface area (Å²) in [5.41, 5.74) is 5.71. The van der Waals surface area contributed by atoms with Crippen LogP contribution in [0.3, 0.4) is 0 Å². The van der Waals surface area contributed by atoms with Crippen LogP contribution in [0.25, 0.3) is 0 Å². The summed E-state index contributed by atoms with van der Waals surface area (Å²) in [4.78, 5) is 3.91. The predicted octanol–water partition coefficient (Wildman–Crippen LogP) is 0.780. The summed E-state index contributed by atoms with van der Waals surface area (Å²) >= 11 is 5.91. The molecule has 1 aromatic heterocycles. The normalized spacial score (nSPS) is 10.0. The maximum atomic E-state index is 8.57. The van der Waals surface area contributed by atoms with Crippen molar-refractivity contribution in [3.8, 4) is 5.88 Å². The second-order valence-corrected chi connectivity index (χ2v) is 3.19. The van der Waals surface area contributed by atoms with Gasteiger partial charge >= 0.3 is 0 Å². The Balaban J connectivity index is 2.80. The van der Waals surface area contributed by atoms with Crippen LogP contribution in [0.4, 0.5) is 0 Å². The Morgan fingerprint density at radius 3 is 3.00 bits per heavy atom. The molecule has 0 saturated carbocycles. The molecule has 0 spiro atoms. The first kappa shape index (κ1) is 11.7. The number of rotatable bonds is 5. The molecule has 1 rings (SSSR count). The van der Waals surface area contributed by atoms with Gasteiger partial charge in [-0.15, -0.1) is 0 Å². The van der Waals surface area contributed by atoms with Crippen LogP contribution in [0.2, 0.25) is 5.02 Å². The lowest BCUT2D eigenvalue weighted by Gasteiger charge is -2.08. The maximum Gasteiger partial charge on any atom is 0.233 e. The van der Waals surface area contributed by atoms with E-state index in [0.29, 0.717) is 18.6 Å². The number of nitrogen functional groups attached to an aromatic ring is 1. The first-order chi connectivity index (χ1) is 7.16. The van der Waals surface area contributed by atoms with Crippen LogP contribution < -0.4 is 10.5 Å². The van der Waals surface area contributed by atoms with E-state index in [-0.39, 0.29) is 23.3 Å². The third kappa shape index (κ3) is 3.07. The Morgan fingerprint density at radius 2 is 2.40 bits per heavy atom. The second kappa shape index (κ2) is 5.53. The molecule has 0 aromatic carbocycles. The smallest absolute Gasteiger partial charge is 0.233 e. The van der Waals surface area contributed by atoms with Crippen LogP contribution in [0.5, 0.6) is 5.88 Å². The molecule has 82 valence electrons. The summed E-state index contributed by atoms with van der Waals surface area (Å²) in [6, 6.07) is 1.55. The lowest BCUT2D eigenvalue weighted by molar-refractivity contribution is 0.229. The lowest BCUT2D eigenvalue weighted by atomic mass is 10.2. The van der Waals surface area contributed by atoms with Crippen molar-refractivity contribution >= 4 is 17.4 Å². The van der Waals surface area contributed by atoms with E-state index in [9.17, 15) is 0 Å².